The normalized spacial score (nSPS) is 11.1. The second-order valence-corrected chi connectivity index (χ2v) is 3.73. The van der Waals surface area contributed by atoms with E-state index >= 15 is 0 Å². The smallest absolute Gasteiger partial charge is 0.241 e. The minimum atomic E-state index is -0.473. The number of fused-ring (bicyclic) bond motifs is 1. The van der Waals surface area contributed by atoms with Gasteiger partial charge in [-0.15, -0.1) is 0 Å². The summed E-state index contributed by atoms with van der Waals surface area (Å²) in [6, 6.07) is 7.24. The SMILES string of the molecule is NC(=O)C=Cc1ccnc2cc(Cl)ccc12. The van der Waals surface area contributed by atoms with Crippen LogP contribution in [0.25, 0.3) is 17.0 Å². The predicted molar refractivity (Wildman–Crippen MR) is 65.0 cm³/mol. The van der Waals surface area contributed by atoms with Crippen molar-refractivity contribution in [3.8, 4) is 0 Å². The molecule has 0 aliphatic heterocycles. The van der Waals surface area contributed by atoms with Crippen LogP contribution in [-0.4, -0.2) is 10.9 Å². The Balaban J connectivity index is 2.58. The molecule has 0 aliphatic carbocycles. The van der Waals surface area contributed by atoms with Gasteiger partial charge >= 0.3 is 0 Å². The minimum Gasteiger partial charge on any atom is -0.366 e. The fraction of sp³-hybridized carbons (Fsp3) is 0. The largest absolute Gasteiger partial charge is 0.366 e. The van der Waals surface area contributed by atoms with Crippen molar-refractivity contribution in [2.75, 3.05) is 0 Å². The maximum atomic E-state index is 10.7. The number of hydrogen-bond acceptors (Lipinski definition) is 2. The number of halogens is 1. The van der Waals surface area contributed by atoms with Crippen molar-refractivity contribution < 1.29 is 4.79 Å². The van der Waals surface area contributed by atoms with Crippen LogP contribution < -0.4 is 5.73 Å². The molecule has 1 amide bonds. The number of amides is 1. The lowest BCUT2D eigenvalue weighted by Crippen LogP contribution is -2.05. The fourth-order valence-electron chi connectivity index (χ4n) is 1.46. The Kier molecular flexibility index (Phi) is 2.88. The summed E-state index contributed by atoms with van der Waals surface area (Å²) in [6.45, 7) is 0. The van der Waals surface area contributed by atoms with E-state index in [1.807, 2.05) is 12.1 Å². The molecule has 16 heavy (non-hydrogen) atoms. The van der Waals surface area contributed by atoms with Gasteiger partial charge < -0.3 is 5.73 Å². The van der Waals surface area contributed by atoms with Crippen LogP contribution in [0.3, 0.4) is 0 Å². The standard InChI is InChI=1S/C12H9ClN2O/c13-9-2-3-10-8(1-4-12(14)16)5-6-15-11(10)7-9/h1-7H,(H2,14,16). The van der Waals surface area contributed by atoms with E-state index in [0.717, 1.165) is 16.5 Å². The van der Waals surface area contributed by atoms with E-state index in [1.165, 1.54) is 6.08 Å². The van der Waals surface area contributed by atoms with E-state index in [0.29, 0.717) is 5.02 Å². The van der Waals surface area contributed by atoms with Crippen LogP contribution in [0.2, 0.25) is 5.02 Å². The van der Waals surface area contributed by atoms with Crippen molar-refractivity contribution in [1.82, 2.24) is 4.98 Å². The summed E-state index contributed by atoms with van der Waals surface area (Å²) in [6.07, 6.45) is 4.66. The van der Waals surface area contributed by atoms with Gasteiger partial charge in [0.15, 0.2) is 0 Å². The topological polar surface area (TPSA) is 56.0 Å². The molecule has 2 aromatic rings. The Labute approximate surface area is 97.5 Å². The number of hydrogen-bond donors (Lipinski definition) is 1. The molecule has 2 rings (SSSR count). The first-order valence-electron chi connectivity index (χ1n) is 4.68. The van der Waals surface area contributed by atoms with Crippen LogP contribution in [0.1, 0.15) is 5.56 Å². The number of nitrogens with zero attached hydrogens (tertiary/aromatic N) is 1. The molecule has 0 saturated carbocycles. The first kappa shape index (κ1) is 10.6. The average Bonchev–Trinajstić information content (AvgIpc) is 2.25. The zero-order chi connectivity index (χ0) is 11.5. The summed E-state index contributed by atoms with van der Waals surface area (Å²) in [7, 11) is 0. The highest BCUT2D eigenvalue weighted by Crippen LogP contribution is 2.21. The summed E-state index contributed by atoms with van der Waals surface area (Å²) < 4.78 is 0. The molecule has 4 heteroatoms. The summed E-state index contributed by atoms with van der Waals surface area (Å²) in [4.78, 5) is 14.9. The molecule has 1 aromatic heterocycles. The zero-order valence-corrected chi connectivity index (χ0v) is 9.11. The Hall–Kier alpha value is -1.87. The third-order valence-corrected chi connectivity index (χ3v) is 2.40. The number of benzene rings is 1. The summed E-state index contributed by atoms with van der Waals surface area (Å²) in [5, 5.41) is 1.57. The highest BCUT2D eigenvalue weighted by atomic mass is 35.5. The quantitative estimate of drug-likeness (QED) is 0.809. The molecular formula is C12H9ClN2O. The van der Waals surface area contributed by atoms with Gasteiger partial charge in [-0.25, -0.2) is 0 Å². The van der Waals surface area contributed by atoms with Gasteiger partial charge in [0.05, 0.1) is 5.52 Å². The van der Waals surface area contributed by atoms with Gasteiger partial charge in [-0.2, -0.15) is 0 Å². The number of carbonyl (C=O) groups excluding carboxylic acids is 1. The van der Waals surface area contributed by atoms with Crippen LogP contribution in [0.15, 0.2) is 36.5 Å². The molecule has 0 bridgehead atoms. The molecule has 0 spiro atoms. The lowest BCUT2D eigenvalue weighted by molar-refractivity contribution is -0.113. The molecule has 0 saturated heterocycles. The minimum absolute atomic E-state index is 0.473. The Morgan fingerprint density at radius 1 is 1.38 bits per heavy atom. The summed E-state index contributed by atoms with van der Waals surface area (Å²) in [5.74, 6) is -0.473. The van der Waals surface area contributed by atoms with Gasteiger partial charge in [0, 0.05) is 22.7 Å². The number of aromatic nitrogens is 1. The Bertz CT molecular complexity index is 578. The summed E-state index contributed by atoms with van der Waals surface area (Å²) in [5.41, 5.74) is 6.73. The number of nitrogens with two attached hydrogens (primary N) is 1. The molecular weight excluding hydrogens is 224 g/mol. The molecule has 0 atom stereocenters. The van der Waals surface area contributed by atoms with E-state index in [1.54, 1.807) is 24.4 Å². The number of pyridine rings is 1. The van der Waals surface area contributed by atoms with Gasteiger partial charge in [-0.1, -0.05) is 17.7 Å². The highest BCUT2D eigenvalue weighted by molar-refractivity contribution is 6.31. The van der Waals surface area contributed by atoms with Gasteiger partial charge in [-0.3, -0.25) is 9.78 Å². The van der Waals surface area contributed by atoms with Crippen molar-refractivity contribution in [3.63, 3.8) is 0 Å². The van der Waals surface area contributed by atoms with Gasteiger partial charge in [0.1, 0.15) is 0 Å². The van der Waals surface area contributed by atoms with E-state index < -0.39 is 5.91 Å². The molecule has 3 nitrogen and oxygen atoms in total. The first-order valence-corrected chi connectivity index (χ1v) is 5.06. The number of primary amides is 1. The van der Waals surface area contributed by atoms with Crippen LogP contribution in [0.5, 0.6) is 0 Å². The number of rotatable bonds is 2. The zero-order valence-electron chi connectivity index (χ0n) is 8.35. The molecule has 2 N–H and O–H groups in total. The van der Waals surface area contributed by atoms with E-state index in [4.69, 9.17) is 17.3 Å². The van der Waals surface area contributed by atoms with E-state index in [-0.39, 0.29) is 0 Å². The van der Waals surface area contributed by atoms with Gasteiger partial charge in [0.2, 0.25) is 5.91 Å². The first-order chi connectivity index (χ1) is 7.66. The van der Waals surface area contributed by atoms with Crippen molar-refractivity contribution >= 4 is 34.5 Å². The lowest BCUT2D eigenvalue weighted by Gasteiger charge is -2.01. The fourth-order valence-corrected chi connectivity index (χ4v) is 1.63. The molecule has 1 heterocycles. The molecule has 80 valence electrons. The third-order valence-electron chi connectivity index (χ3n) is 2.17. The summed E-state index contributed by atoms with van der Waals surface area (Å²) >= 11 is 5.87. The second-order valence-electron chi connectivity index (χ2n) is 3.30. The molecule has 0 aliphatic rings. The highest BCUT2D eigenvalue weighted by Gasteiger charge is 2.00. The van der Waals surface area contributed by atoms with Crippen LogP contribution in [0, 0.1) is 0 Å². The predicted octanol–water partition coefficient (Wildman–Crippen LogP) is 2.39. The van der Waals surface area contributed by atoms with Gasteiger partial charge in [0.25, 0.3) is 0 Å². The molecule has 0 radical (unpaired) electrons. The molecule has 1 aromatic carbocycles. The lowest BCUT2D eigenvalue weighted by atomic mass is 10.1. The van der Waals surface area contributed by atoms with Crippen LogP contribution >= 0.6 is 11.6 Å². The van der Waals surface area contributed by atoms with E-state index in [9.17, 15) is 4.79 Å². The Morgan fingerprint density at radius 3 is 2.94 bits per heavy atom. The maximum absolute atomic E-state index is 10.7. The molecule has 0 unspecified atom stereocenters. The maximum Gasteiger partial charge on any atom is 0.241 e. The van der Waals surface area contributed by atoms with Crippen molar-refractivity contribution in [3.05, 3.63) is 47.1 Å². The van der Waals surface area contributed by atoms with Crippen molar-refractivity contribution in [2.45, 2.75) is 0 Å². The monoisotopic (exact) mass is 232 g/mol. The van der Waals surface area contributed by atoms with Crippen molar-refractivity contribution in [1.29, 1.82) is 0 Å². The second kappa shape index (κ2) is 4.33. The van der Waals surface area contributed by atoms with Crippen LogP contribution in [-0.2, 0) is 4.79 Å². The van der Waals surface area contributed by atoms with Gasteiger partial charge in [-0.05, 0) is 29.8 Å². The Morgan fingerprint density at radius 2 is 2.19 bits per heavy atom. The van der Waals surface area contributed by atoms with E-state index in [2.05, 4.69) is 4.98 Å². The molecule has 0 fully saturated rings. The van der Waals surface area contributed by atoms with Crippen LogP contribution in [0.4, 0.5) is 0 Å². The average molecular weight is 233 g/mol. The van der Waals surface area contributed by atoms with Crippen molar-refractivity contribution in [2.24, 2.45) is 5.73 Å². The third kappa shape index (κ3) is 2.20. The number of carbonyl (C=O) groups is 1.